The maximum atomic E-state index is 5.58. The minimum atomic E-state index is 0.654. The second kappa shape index (κ2) is 9.93. The number of nitrogens with zero attached hydrogens (tertiary/aromatic N) is 4. The third-order valence-corrected chi connectivity index (χ3v) is 6.48. The standard InChI is InChI=1S/C24H21N5O2S2/c1-2-30-20-12-10-17(11-13-20)25-23-26-18(15-32-23)16-33-24-28-27-22(21-9-6-14-31-21)29(24)19-7-4-3-5-8-19/h3-15H,2,16H2,1H3,(H,25,26). The Hall–Kier alpha value is -3.56. The van der Waals surface area contributed by atoms with Crippen LogP contribution < -0.4 is 10.1 Å². The zero-order chi connectivity index (χ0) is 22.5. The molecule has 1 N–H and O–H groups in total. The second-order valence-electron chi connectivity index (χ2n) is 6.97. The van der Waals surface area contributed by atoms with E-state index in [0.717, 1.165) is 33.1 Å². The molecule has 3 aromatic heterocycles. The largest absolute Gasteiger partial charge is 0.494 e. The van der Waals surface area contributed by atoms with Gasteiger partial charge in [-0.2, -0.15) is 0 Å². The van der Waals surface area contributed by atoms with Crippen LogP contribution >= 0.6 is 23.1 Å². The molecule has 0 aliphatic carbocycles. The number of furan rings is 1. The third-order valence-electron chi connectivity index (χ3n) is 4.71. The molecular formula is C24H21N5O2S2. The Balaban J connectivity index is 1.31. The van der Waals surface area contributed by atoms with E-state index in [1.165, 1.54) is 0 Å². The van der Waals surface area contributed by atoms with E-state index in [2.05, 4.69) is 20.9 Å². The zero-order valence-electron chi connectivity index (χ0n) is 17.8. The molecule has 5 rings (SSSR count). The number of benzene rings is 2. The molecular weight excluding hydrogens is 454 g/mol. The average molecular weight is 476 g/mol. The molecule has 0 spiro atoms. The van der Waals surface area contributed by atoms with E-state index in [0.29, 0.717) is 23.9 Å². The molecule has 2 aromatic carbocycles. The Kier molecular flexibility index (Phi) is 6.41. The summed E-state index contributed by atoms with van der Waals surface area (Å²) >= 11 is 3.16. The molecule has 0 aliphatic rings. The quantitative estimate of drug-likeness (QED) is 0.247. The molecule has 0 amide bonds. The second-order valence-corrected chi connectivity index (χ2v) is 8.77. The van der Waals surface area contributed by atoms with Gasteiger partial charge in [0.25, 0.3) is 0 Å². The molecule has 0 atom stereocenters. The van der Waals surface area contributed by atoms with Gasteiger partial charge in [0.15, 0.2) is 16.0 Å². The predicted molar refractivity (Wildman–Crippen MR) is 132 cm³/mol. The predicted octanol–water partition coefficient (Wildman–Crippen LogP) is 6.42. The number of ether oxygens (including phenoxy) is 1. The topological polar surface area (TPSA) is 78.0 Å². The number of para-hydroxylation sites is 1. The molecule has 0 saturated carbocycles. The number of anilines is 2. The van der Waals surface area contributed by atoms with Crippen LogP contribution in [-0.4, -0.2) is 26.4 Å². The highest BCUT2D eigenvalue weighted by Crippen LogP contribution is 2.31. The van der Waals surface area contributed by atoms with Gasteiger partial charge in [-0.05, 0) is 55.5 Å². The van der Waals surface area contributed by atoms with Crippen molar-refractivity contribution >= 4 is 33.9 Å². The Morgan fingerprint density at radius 1 is 1.03 bits per heavy atom. The van der Waals surface area contributed by atoms with E-state index in [9.17, 15) is 0 Å². The van der Waals surface area contributed by atoms with Gasteiger partial charge in [-0.1, -0.05) is 30.0 Å². The molecule has 0 unspecified atom stereocenters. The molecule has 3 heterocycles. The fourth-order valence-corrected chi connectivity index (χ4v) is 4.91. The van der Waals surface area contributed by atoms with Crippen molar-refractivity contribution < 1.29 is 9.15 Å². The first-order chi connectivity index (χ1) is 16.3. The summed E-state index contributed by atoms with van der Waals surface area (Å²) in [6.07, 6.45) is 1.64. The summed E-state index contributed by atoms with van der Waals surface area (Å²) in [6, 6.07) is 21.6. The lowest BCUT2D eigenvalue weighted by molar-refractivity contribution is 0.340. The first kappa shape index (κ1) is 21.3. The van der Waals surface area contributed by atoms with Gasteiger partial charge in [-0.3, -0.25) is 4.57 Å². The molecule has 0 bridgehead atoms. The normalized spacial score (nSPS) is 10.9. The molecule has 0 aliphatic heterocycles. The Bertz CT molecular complexity index is 1300. The van der Waals surface area contributed by atoms with E-state index in [1.807, 2.05) is 78.2 Å². The lowest BCUT2D eigenvalue weighted by atomic mass is 10.3. The number of thioether (sulfide) groups is 1. The number of thiazole rings is 1. The Morgan fingerprint density at radius 3 is 2.64 bits per heavy atom. The Morgan fingerprint density at radius 2 is 1.88 bits per heavy atom. The van der Waals surface area contributed by atoms with Crippen LogP contribution in [0.25, 0.3) is 17.3 Å². The van der Waals surface area contributed by atoms with Crippen molar-refractivity contribution in [3.63, 3.8) is 0 Å². The summed E-state index contributed by atoms with van der Waals surface area (Å²) in [5, 5.41) is 15.8. The number of nitrogens with one attached hydrogen (secondary N) is 1. The monoisotopic (exact) mass is 475 g/mol. The lowest BCUT2D eigenvalue weighted by Crippen LogP contribution is -1.99. The van der Waals surface area contributed by atoms with Crippen LogP contribution in [0.2, 0.25) is 0 Å². The summed E-state index contributed by atoms with van der Waals surface area (Å²) in [5.74, 6) is 2.87. The molecule has 9 heteroatoms. The van der Waals surface area contributed by atoms with Gasteiger partial charge < -0.3 is 14.5 Å². The Labute approximate surface area is 199 Å². The van der Waals surface area contributed by atoms with Crippen LogP contribution in [0.1, 0.15) is 12.6 Å². The van der Waals surface area contributed by atoms with Crippen molar-refractivity contribution in [2.75, 3.05) is 11.9 Å². The van der Waals surface area contributed by atoms with Crippen LogP contribution in [0.5, 0.6) is 5.75 Å². The molecule has 0 saturated heterocycles. The summed E-state index contributed by atoms with van der Waals surface area (Å²) in [4.78, 5) is 4.72. The minimum absolute atomic E-state index is 0.654. The van der Waals surface area contributed by atoms with E-state index in [4.69, 9.17) is 14.1 Å². The van der Waals surface area contributed by atoms with Gasteiger partial charge in [0.2, 0.25) is 5.82 Å². The minimum Gasteiger partial charge on any atom is -0.494 e. The first-order valence-electron chi connectivity index (χ1n) is 10.4. The van der Waals surface area contributed by atoms with E-state index in [-0.39, 0.29) is 0 Å². The fraction of sp³-hybridized carbons (Fsp3) is 0.125. The number of hydrogen-bond acceptors (Lipinski definition) is 8. The van der Waals surface area contributed by atoms with Crippen LogP contribution in [0.3, 0.4) is 0 Å². The fourth-order valence-electron chi connectivity index (χ4n) is 3.23. The van der Waals surface area contributed by atoms with Gasteiger partial charge in [-0.15, -0.1) is 21.5 Å². The smallest absolute Gasteiger partial charge is 0.205 e. The van der Waals surface area contributed by atoms with Crippen molar-refractivity contribution in [1.29, 1.82) is 0 Å². The average Bonchev–Trinajstić information content (AvgIpc) is 3.61. The van der Waals surface area contributed by atoms with E-state index >= 15 is 0 Å². The van der Waals surface area contributed by atoms with Gasteiger partial charge in [0.05, 0.1) is 18.6 Å². The molecule has 7 nitrogen and oxygen atoms in total. The van der Waals surface area contributed by atoms with Gasteiger partial charge >= 0.3 is 0 Å². The number of rotatable bonds is 9. The molecule has 166 valence electrons. The number of hydrogen-bond donors (Lipinski definition) is 1. The van der Waals surface area contributed by atoms with Gasteiger partial charge in [0.1, 0.15) is 5.75 Å². The highest BCUT2D eigenvalue weighted by Gasteiger charge is 2.18. The van der Waals surface area contributed by atoms with Crippen LogP contribution in [-0.2, 0) is 5.75 Å². The van der Waals surface area contributed by atoms with Crippen LogP contribution in [0.4, 0.5) is 10.8 Å². The molecule has 5 aromatic rings. The highest BCUT2D eigenvalue weighted by atomic mass is 32.2. The van der Waals surface area contributed by atoms with Gasteiger partial charge in [0, 0.05) is 22.5 Å². The summed E-state index contributed by atoms with van der Waals surface area (Å²) in [5.41, 5.74) is 2.92. The molecule has 0 fully saturated rings. The van der Waals surface area contributed by atoms with Crippen molar-refractivity contribution in [2.45, 2.75) is 17.8 Å². The summed E-state index contributed by atoms with van der Waals surface area (Å²) < 4.78 is 13.1. The molecule has 0 radical (unpaired) electrons. The first-order valence-corrected chi connectivity index (χ1v) is 12.3. The van der Waals surface area contributed by atoms with Crippen molar-refractivity contribution in [2.24, 2.45) is 0 Å². The maximum Gasteiger partial charge on any atom is 0.205 e. The van der Waals surface area contributed by atoms with E-state index in [1.54, 1.807) is 29.4 Å². The molecule has 33 heavy (non-hydrogen) atoms. The summed E-state index contributed by atoms with van der Waals surface area (Å²) in [7, 11) is 0. The van der Waals surface area contributed by atoms with Crippen molar-refractivity contribution in [3.05, 3.63) is 84.1 Å². The van der Waals surface area contributed by atoms with Gasteiger partial charge in [-0.25, -0.2) is 4.98 Å². The van der Waals surface area contributed by atoms with Crippen LogP contribution in [0.15, 0.2) is 87.9 Å². The van der Waals surface area contributed by atoms with E-state index < -0.39 is 0 Å². The van der Waals surface area contributed by atoms with Crippen molar-refractivity contribution in [3.8, 4) is 23.0 Å². The maximum absolute atomic E-state index is 5.58. The third kappa shape index (κ3) is 4.94. The summed E-state index contributed by atoms with van der Waals surface area (Å²) in [6.45, 7) is 2.63. The zero-order valence-corrected chi connectivity index (χ0v) is 19.5. The number of aromatic nitrogens is 4. The lowest BCUT2D eigenvalue weighted by Gasteiger charge is -2.08. The highest BCUT2D eigenvalue weighted by molar-refractivity contribution is 7.98. The van der Waals surface area contributed by atoms with Crippen LogP contribution in [0, 0.1) is 0 Å². The SMILES string of the molecule is CCOc1ccc(Nc2nc(CSc3nnc(-c4ccco4)n3-c3ccccc3)cs2)cc1. The van der Waals surface area contributed by atoms with Crippen molar-refractivity contribution in [1.82, 2.24) is 19.7 Å².